The van der Waals surface area contributed by atoms with Crippen molar-refractivity contribution in [3.63, 3.8) is 0 Å². The third kappa shape index (κ3) is 5.29. The van der Waals surface area contributed by atoms with Crippen molar-refractivity contribution in [2.24, 2.45) is 0 Å². The van der Waals surface area contributed by atoms with E-state index in [1.54, 1.807) is 51.5 Å². The highest BCUT2D eigenvalue weighted by Gasteiger charge is 2.19. The summed E-state index contributed by atoms with van der Waals surface area (Å²) in [4.78, 5) is 24.5. The molecule has 0 aliphatic rings. The first-order chi connectivity index (χ1) is 13.4. The van der Waals surface area contributed by atoms with E-state index in [1.807, 2.05) is 0 Å². The van der Waals surface area contributed by atoms with Crippen molar-refractivity contribution in [3.8, 4) is 17.2 Å². The first-order valence-corrected chi connectivity index (χ1v) is 8.79. The van der Waals surface area contributed by atoms with Gasteiger partial charge in [-0.05, 0) is 43.3 Å². The van der Waals surface area contributed by atoms with Gasteiger partial charge < -0.3 is 24.3 Å². The molecule has 0 heterocycles. The third-order valence-corrected chi connectivity index (χ3v) is 4.23. The van der Waals surface area contributed by atoms with E-state index in [0.717, 1.165) is 5.56 Å². The Morgan fingerprint density at radius 1 is 1.00 bits per heavy atom. The number of halogens is 1. The van der Waals surface area contributed by atoms with Gasteiger partial charge in [0.2, 0.25) is 0 Å². The predicted octanol–water partition coefficient (Wildman–Crippen LogP) is 3.40. The Morgan fingerprint density at radius 2 is 1.68 bits per heavy atom. The number of hydrogen-bond donors (Lipinski definition) is 1. The maximum absolute atomic E-state index is 12.2. The highest BCUT2D eigenvalue weighted by Crippen LogP contribution is 2.29. The summed E-state index contributed by atoms with van der Waals surface area (Å²) < 4.78 is 20.7. The van der Waals surface area contributed by atoms with Crippen molar-refractivity contribution in [1.82, 2.24) is 5.32 Å². The lowest BCUT2D eigenvalue weighted by molar-refractivity contribution is -0.124. The summed E-state index contributed by atoms with van der Waals surface area (Å²) in [7, 11) is 4.52. The standard InChI is InChI=1S/C20H22ClNO6/c1-12(15-10-14(25-2)6-8-17(15)26-3)22-19(23)11-28-20(24)16-9-13(21)5-7-18(16)27-4/h5-10,12H,11H2,1-4H3,(H,22,23)/t12-/m1/s1. The summed E-state index contributed by atoms with van der Waals surface area (Å²) in [6, 6.07) is 9.46. The Hall–Kier alpha value is -2.93. The lowest BCUT2D eigenvalue weighted by atomic mass is 10.1. The zero-order chi connectivity index (χ0) is 20.7. The number of rotatable bonds is 8. The molecule has 0 unspecified atom stereocenters. The lowest BCUT2D eigenvalue weighted by Gasteiger charge is -2.18. The van der Waals surface area contributed by atoms with Crippen LogP contribution in [0.25, 0.3) is 0 Å². The van der Waals surface area contributed by atoms with Crippen molar-refractivity contribution in [1.29, 1.82) is 0 Å². The van der Waals surface area contributed by atoms with Crippen LogP contribution in [0.4, 0.5) is 0 Å². The summed E-state index contributed by atoms with van der Waals surface area (Å²) in [6.07, 6.45) is 0. The first kappa shape index (κ1) is 21.4. The molecular formula is C20H22ClNO6. The number of benzene rings is 2. The molecule has 2 rings (SSSR count). The third-order valence-electron chi connectivity index (χ3n) is 4.00. The molecule has 0 radical (unpaired) electrons. The van der Waals surface area contributed by atoms with Gasteiger partial charge in [0.1, 0.15) is 22.8 Å². The molecule has 1 atom stereocenters. The van der Waals surface area contributed by atoms with Gasteiger partial charge in [0.05, 0.1) is 27.4 Å². The molecule has 150 valence electrons. The van der Waals surface area contributed by atoms with Gasteiger partial charge in [0.25, 0.3) is 5.91 Å². The van der Waals surface area contributed by atoms with Crippen LogP contribution in [0.1, 0.15) is 28.9 Å². The molecule has 0 bridgehead atoms. The normalized spacial score (nSPS) is 11.3. The van der Waals surface area contributed by atoms with Gasteiger partial charge >= 0.3 is 5.97 Å². The Morgan fingerprint density at radius 3 is 2.32 bits per heavy atom. The molecule has 0 spiro atoms. The van der Waals surface area contributed by atoms with Gasteiger partial charge in [-0.15, -0.1) is 0 Å². The fourth-order valence-electron chi connectivity index (χ4n) is 2.59. The quantitative estimate of drug-likeness (QED) is 0.675. The number of methoxy groups -OCH3 is 3. The Labute approximate surface area is 168 Å². The fraction of sp³-hybridized carbons (Fsp3) is 0.300. The number of nitrogens with one attached hydrogen (secondary N) is 1. The minimum Gasteiger partial charge on any atom is -0.497 e. The minimum absolute atomic E-state index is 0.144. The molecule has 0 aromatic heterocycles. The van der Waals surface area contributed by atoms with Crippen molar-refractivity contribution < 1.29 is 28.5 Å². The van der Waals surface area contributed by atoms with Crippen molar-refractivity contribution in [2.75, 3.05) is 27.9 Å². The number of hydrogen-bond acceptors (Lipinski definition) is 6. The van der Waals surface area contributed by atoms with Crippen LogP contribution < -0.4 is 19.5 Å². The molecule has 2 aromatic carbocycles. The Kier molecular flexibility index (Phi) is 7.52. The van der Waals surface area contributed by atoms with Crippen LogP contribution >= 0.6 is 11.6 Å². The van der Waals surface area contributed by atoms with Crippen LogP contribution in [0.2, 0.25) is 5.02 Å². The van der Waals surface area contributed by atoms with E-state index < -0.39 is 24.5 Å². The van der Waals surface area contributed by atoms with Gasteiger partial charge in [-0.25, -0.2) is 4.79 Å². The molecule has 28 heavy (non-hydrogen) atoms. The number of esters is 1. The molecule has 0 saturated carbocycles. The van der Waals surface area contributed by atoms with Crippen molar-refractivity contribution in [2.45, 2.75) is 13.0 Å². The van der Waals surface area contributed by atoms with E-state index in [4.69, 9.17) is 30.5 Å². The second kappa shape index (κ2) is 9.85. The molecule has 2 aromatic rings. The van der Waals surface area contributed by atoms with Gasteiger partial charge in [0, 0.05) is 10.6 Å². The highest BCUT2D eigenvalue weighted by molar-refractivity contribution is 6.31. The number of carbonyl (C=O) groups is 2. The summed E-state index contributed by atoms with van der Waals surface area (Å²) in [5.41, 5.74) is 0.878. The summed E-state index contributed by atoms with van der Waals surface area (Å²) >= 11 is 5.91. The summed E-state index contributed by atoms with van der Waals surface area (Å²) in [5, 5.41) is 3.12. The van der Waals surface area contributed by atoms with Crippen LogP contribution in [0, 0.1) is 0 Å². The van der Waals surface area contributed by atoms with Gasteiger partial charge in [0.15, 0.2) is 6.61 Å². The van der Waals surface area contributed by atoms with Gasteiger partial charge in [-0.3, -0.25) is 4.79 Å². The SMILES string of the molecule is COc1ccc(OC)c([C@@H](C)NC(=O)COC(=O)c2cc(Cl)ccc2OC)c1. The van der Waals surface area contributed by atoms with E-state index in [0.29, 0.717) is 22.3 Å². The first-order valence-electron chi connectivity index (χ1n) is 8.41. The van der Waals surface area contributed by atoms with E-state index >= 15 is 0 Å². The molecule has 1 N–H and O–H groups in total. The molecule has 0 aliphatic heterocycles. The number of amides is 1. The van der Waals surface area contributed by atoms with E-state index in [-0.39, 0.29) is 5.56 Å². The highest BCUT2D eigenvalue weighted by atomic mass is 35.5. The van der Waals surface area contributed by atoms with Crippen LogP contribution in [0.3, 0.4) is 0 Å². The molecule has 1 amide bonds. The molecular weight excluding hydrogens is 386 g/mol. The maximum Gasteiger partial charge on any atom is 0.342 e. The van der Waals surface area contributed by atoms with E-state index in [9.17, 15) is 9.59 Å². The predicted molar refractivity (Wildman–Crippen MR) is 104 cm³/mol. The number of carbonyl (C=O) groups excluding carboxylic acids is 2. The van der Waals surface area contributed by atoms with E-state index in [2.05, 4.69) is 5.32 Å². The smallest absolute Gasteiger partial charge is 0.342 e. The van der Waals surface area contributed by atoms with Crippen molar-refractivity contribution in [3.05, 3.63) is 52.5 Å². The molecule has 8 heteroatoms. The lowest BCUT2D eigenvalue weighted by Crippen LogP contribution is -2.31. The maximum atomic E-state index is 12.2. The van der Waals surface area contributed by atoms with Crippen LogP contribution in [0.5, 0.6) is 17.2 Å². The van der Waals surface area contributed by atoms with Crippen LogP contribution in [-0.4, -0.2) is 39.8 Å². The molecule has 0 fully saturated rings. The van der Waals surface area contributed by atoms with Crippen LogP contribution in [-0.2, 0) is 9.53 Å². The minimum atomic E-state index is -0.707. The average Bonchev–Trinajstić information content (AvgIpc) is 2.71. The largest absolute Gasteiger partial charge is 0.497 e. The summed E-state index contributed by atoms with van der Waals surface area (Å²) in [6.45, 7) is 1.34. The zero-order valence-corrected chi connectivity index (χ0v) is 16.8. The topological polar surface area (TPSA) is 83.1 Å². The van der Waals surface area contributed by atoms with Gasteiger partial charge in [-0.2, -0.15) is 0 Å². The summed E-state index contributed by atoms with van der Waals surface area (Å²) in [5.74, 6) is 0.378. The fourth-order valence-corrected chi connectivity index (χ4v) is 2.76. The monoisotopic (exact) mass is 407 g/mol. The molecule has 7 nitrogen and oxygen atoms in total. The number of ether oxygens (including phenoxy) is 4. The zero-order valence-electron chi connectivity index (χ0n) is 16.1. The average molecular weight is 408 g/mol. The Balaban J connectivity index is 2.01. The Bertz CT molecular complexity index is 855. The van der Waals surface area contributed by atoms with Crippen LogP contribution in [0.15, 0.2) is 36.4 Å². The second-order valence-corrected chi connectivity index (χ2v) is 6.25. The van der Waals surface area contributed by atoms with Gasteiger partial charge in [-0.1, -0.05) is 11.6 Å². The second-order valence-electron chi connectivity index (χ2n) is 5.82. The van der Waals surface area contributed by atoms with Crippen molar-refractivity contribution >= 4 is 23.5 Å². The molecule has 0 aliphatic carbocycles. The van der Waals surface area contributed by atoms with E-state index in [1.165, 1.54) is 13.2 Å². The molecule has 0 saturated heterocycles.